The first kappa shape index (κ1) is 28.4. The highest BCUT2D eigenvalue weighted by atomic mass is 16.5. The standard InChI is InChI=1S/C36H38N2O6/c1-37-13-11-23-18-31(40)33-19-26(23)28(37)16-22-7-10-30(39)32(17-22)43-24-8-5-21(6-9-24)15-29-27-20-34(41-3)36(42-4)35(44-33)25(27)12-14-38(29)2/h5-10,17-20,28-29,39-40H,11-16H2,1-4H3/t28-,29+/m0/s1. The third-order valence-corrected chi connectivity index (χ3v) is 9.46. The number of aromatic hydroxyl groups is 2. The number of rotatable bonds is 2. The zero-order valence-electron chi connectivity index (χ0n) is 25.6. The van der Waals surface area contributed by atoms with Crippen LogP contribution >= 0.6 is 0 Å². The topological polar surface area (TPSA) is 83.9 Å². The van der Waals surface area contributed by atoms with Gasteiger partial charge in [-0.3, -0.25) is 9.80 Å². The quantitative estimate of drug-likeness (QED) is 0.270. The van der Waals surface area contributed by atoms with E-state index in [1.165, 1.54) is 0 Å². The van der Waals surface area contributed by atoms with Gasteiger partial charge in [-0.25, -0.2) is 0 Å². The molecule has 8 rings (SSSR count). The van der Waals surface area contributed by atoms with Crippen LogP contribution in [0.5, 0.6) is 46.0 Å². The Labute approximate surface area is 258 Å². The molecule has 4 heterocycles. The lowest BCUT2D eigenvalue weighted by molar-refractivity contribution is 0.224. The number of nitrogens with zero attached hydrogens (tertiary/aromatic N) is 2. The number of likely N-dealkylation sites (N-methyl/N-ethyl adjacent to an activating group) is 2. The summed E-state index contributed by atoms with van der Waals surface area (Å²) in [4.78, 5) is 4.68. The minimum Gasteiger partial charge on any atom is -0.504 e. The fourth-order valence-corrected chi connectivity index (χ4v) is 6.97. The monoisotopic (exact) mass is 594 g/mol. The van der Waals surface area contributed by atoms with E-state index in [-0.39, 0.29) is 23.6 Å². The molecule has 0 fully saturated rings. The Kier molecular flexibility index (Phi) is 7.26. The first-order valence-electron chi connectivity index (χ1n) is 15.1. The van der Waals surface area contributed by atoms with E-state index in [1.807, 2.05) is 36.4 Å². The number of hydrogen-bond acceptors (Lipinski definition) is 8. The summed E-state index contributed by atoms with van der Waals surface area (Å²) >= 11 is 0. The molecule has 4 aliphatic heterocycles. The van der Waals surface area contributed by atoms with Gasteiger partial charge in [0, 0.05) is 30.7 Å². The second-order valence-electron chi connectivity index (χ2n) is 12.1. The molecule has 0 aromatic heterocycles. The molecule has 0 unspecified atom stereocenters. The van der Waals surface area contributed by atoms with Crippen LogP contribution in [-0.2, 0) is 25.7 Å². The van der Waals surface area contributed by atoms with Crippen molar-refractivity contribution >= 4 is 0 Å². The molecule has 0 radical (unpaired) electrons. The Morgan fingerprint density at radius 2 is 1.39 bits per heavy atom. The summed E-state index contributed by atoms with van der Waals surface area (Å²) in [6.07, 6.45) is 3.04. The highest BCUT2D eigenvalue weighted by molar-refractivity contribution is 5.63. The van der Waals surface area contributed by atoms with Crippen molar-refractivity contribution in [2.45, 2.75) is 37.8 Å². The van der Waals surface area contributed by atoms with E-state index in [9.17, 15) is 10.2 Å². The first-order valence-corrected chi connectivity index (χ1v) is 15.1. The van der Waals surface area contributed by atoms with E-state index >= 15 is 0 Å². The van der Waals surface area contributed by atoms with Gasteiger partial charge in [0.05, 0.1) is 14.2 Å². The van der Waals surface area contributed by atoms with Crippen molar-refractivity contribution in [3.63, 3.8) is 0 Å². The van der Waals surface area contributed by atoms with Crippen molar-refractivity contribution in [3.8, 4) is 46.0 Å². The van der Waals surface area contributed by atoms with Gasteiger partial charge in [-0.1, -0.05) is 18.2 Å². The summed E-state index contributed by atoms with van der Waals surface area (Å²) in [5, 5.41) is 21.9. The van der Waals surface area contributed by atoms with Gasteiger partial charge in [-0.2, -0.15) is 0 Å². The summed E-state index contributed by atoms with van der Waals surface area (Å²) < 4.78 is 24.6. The summed E-state index contributed by atoms with van der Waals surface area (Å²) in [7, 11) is 7.52. The molecule has 0 saturated carbocycles. The van der Waals surface area contributed by atoms with Crippen LogP contribution in [0, 0.1) is 0 Å². The molecule has 8 nitrogen and oxygen atoms in total. The molecule has 4 aromatic carbocycles. The fraction of sp³-hybridized carbons (Fsp3) is 0.333. The van der Waals surface area contributed by atoms with Crippen molar-refractivity contribution < 1.29 is 29.2 Å². The van der Waals surface area contributed by atoms with Crippen molar-refractivity contribution in [3.05, 3.63) is 94.0 Å². The molecule has 228 valence electrons. The van der Waals surface area contributed by atoms with Crippen molar-refractivity contribution in [2.24, 2.45) is 0 Å². The van der Waals surface area contributed by atoms with Gasteiger partial charge in [0.15, 0.2) is 34.5 Å². The number of fused-ring (bicyclic) bond motifs is 2. The second kappa shape index (κ2) is 11.3. The smallest absolute Gasteiger partial charge is 0.204 e. The van der Waals surface area contributed by atoms with Gasteiger partial charge in [-0.05, 0) is 110 Å². The Morgan fingerprint density at radius 3 is 2.14 bits per heavy atom. The Bertz CT molecular complexity index is 1720. The molecule has 44 heavy (non-hydrogen) atoms. The summed E-state index contributed by atoms with van der Waals surface area (Å²) in [5.41, 5.74) is 6.55. The second-order valence-corrected chi connectivity index (χ2v) is 12.1. The van der Waals surface area contributed by atoms with Crippen LogP contribution in [0.1, 0.15) is 45.5 Å². The normalized spacial score (nSPS) is 19.6. The molecule has 8 heteroatoms. The molecular formula is C36H38N2O6. The third-order valence-electron chi connectivity index (χ3n) is 9.46. The van der Waals surface area contributed by atoms with Crippen LogP contribution in [0.3, 0.4) is 0 Å². The maximum atomic E-state index is 11.3. The molecule has 4 aliphatic rings. The number of phenolic OH excluding ortho intramolecular Hbond substituents is 2. The van der Waals surface area contributed by atoms with Crippen LogP contribution in [0.2, 0.25) is 0 Å². The van der Waals surface area contributed by atoms with Crippen LogP contribution in [0.25, 0.3) is 0 Å². The number of methoxy groups -OCH3 is 2. The van der Waals surface area contributed by atoms with Gasteiger partial charge >= 0.3 is 0 Å². The maximum absolute atomic E-state index is 11.3. The Morgan fingerprint density at radius 1 is 0.705 bits per heavy atom. The third kappa shape index (κ3) is 4.98. The van der Waals surface area contributed by atoms with Gasteiger partial charge in [0.25, 0.3) is 0 Å². The highest BCUT2D eigenvalue weighted by Crippen LogP contribution is 2.50. The number of hydrogen-bond donors (Lipinski definition) is 2. The largest absolute Gasteiger partial charge is 0.504 e. The van der Waals surface area contributed by atoms with E-state index in [0.29, 0.717) is 40.9 Å². The molecule has 2 N–H and O–H groups in total. The average molecular weight is 595 g/mol. The lowest BCUT2D eigenvalue weighted by atomic mass is 9.87. The van der Waals surface area contributed by atoms with E-state index in [4.69, 9.17) is 18.9 Å². The average Bonchev–Trinajstić information content (AvgIpc) is 3.02. The van der Waals surface area contributed by atoms with E-state index in [2.05, 4.69) is 42.1 Å². The minimum absolute atomic E-state index is 0.0274. The summed E-state index contributed by atoms with van der Waals surface area (Å²) in [5.74, 6) is 3.36. The van der Waals surface area contributed by atoms with Gasteiger partial charge in [0.2, 0.25) is 5.75 Å². The van der Waals surface area contributed by atoms with Gasteiger partial charge in [-0.15, -0.1) is 0 Å². The van der Waals surface area contributed by atoms with E-state index < -0.39 is 0 Å². The molecule has 0 amide bonds. The molecule has 0 aliphatic carbocycles. The summed E-state index contributed by atoms with van der Waals surface area (Å²) in [6.45, 7) is 1.69. The lowest BCUT2D eigenvalue weighted by Gasteiger charge is -2.37. The molecular weight excluding hydrogens is 556 g/mol. The molecule has 0 saturated heterocycles. The van der Waals surface area contributed by atoms with Crippen molar-refractivity contribution in [1.29, 1.82) is 0 Å². The van der Waals surface area contributed by atoms with Crippen LogP contribution in [0.4, 0.5) is 0 Å². The maximum Gasteiger partial charge on any atom is 0.204 e. The molecule has 4 aromatic rings. The predicted octanol–water partition coefficient (Wildman–Crippen LogP) is 6.56. The minimum atomic E-state index is 0.0274. The van der Waals surface area contributed by atoms with Crippen molar-refractivity contribution in [1.82, 2.24) is 9.80 Å². The fourth-order valence-electron chi connectivity index (χ4n) is 6.97. The van der Waals surface area contributed by atoms with Crippen LogP contribution < -0.4 is 18.9 Å². The zero-order chi connectivity index (χ0) is 30.5. The lowest BCUT2D eigenvalue weighted by Crippen LogP contribution is -2.34. The first-order chi connectivity index (χ1) is 21.3. The number of ether oxygens (including phenoxy) is 4. The summed E-state index contributed by atoms with van der Waals surface area (Å²) in [6, 6.07) is 19.6. The van der Waals surface area contributed by atoms with E-state index in [0.717, 1.165) is 65.7 Å². The van der Waals surface area contributed by atoms with Crippen LogP contribution in [0.15, 0.2) is 60.7 Å². The Balaban J connectivity index is 1.44. The number of phenols is 2. The van der Waals surface area contributed by atoms with Crippen LogP contribution in [-0.4, -0.2) is 61.4 Å². The molecule has 0 spiro atoms. The Hall–Kier alpha value is -4.40. The highest BCUT2D eigenvalue weighted by Gasteiger charge is 2.33. The molecule has 2 atom stereocenters. The SMILES string of the molecule is COc1cc2c3c(c1OC)Oc1cc4c(cc1O)CCN(C)[C@H]4Cc1ccc(O)c(c1)Oc1ccc(cc1)C[C@H]2N(C)CC3. The zero-order valence-corrected chi connectivity index (χ0v) is 25.6. The van der Waals surface area contributed by atoms with Crippen molar-refractivity contribution in [2.75, 3.05) is 41.4 Å². The van der Waals surface area contributed by atoms with Gasteiger partial charge < -0.3 is 29.2 Å². The van der Waals surface area contributed by atoms with Gasteiger partial charge in [0.1, 0.15) is 5.75 Å². The predicted molar refractivity (Wildman–Crippen MR) is 168 cm³/mol. The molecule has 10 bridgehead atoms. The van der Waals surface area contributed by atoms with E-state index in [1.54, 1.807) is 20.3 Å². The number of benzene rings is 4.